The standard InChI is InChI=1S/C6H13N3/c1-5-3-8-4-9-6(5)7-2/h3,5-7,9H,4H2,1-2H3. The molecule has 2 atom stereocenters. The zero-order valence-corrected chi connectivity index (χ0v) is 5.89. The van der Waals surface area contributed by atoms with Crippen LogP contribution in [-0.4, -0.2) is 26.1 Å². The molecule has 0 saturated heterocycles. The van der Waals surface area contributed by atoms with Crippen molar-refractivity contribution in [2.24, 2.45) is 10.9 Å². The zero-order chi connectivity index (χ0) is 6.69. The molecule has 1 rings (SSSR count). The second-order valence-corrected chi connectivity index (χ2v) is 2.32. The summed E-state index contributed by atoms with van der Waals surface area (Å²) in [6, 6.07) is 0. The van der Waals surface area contributed by atoms with Gasteiger partial charge in [-0.3, -0.25) is 10.3 Å². The second-order valence-electron chi connectivity index (χ2n) is 2.32. The Morgan fingerprint density at radius 3 is 3.00 bits per heavy atom. The molecule has 0 aromatic carbocycles. The van der Waals surface area contributed by atoms with Gasteiger partial charge in [-0.15, -0.1) is 0 Å². The van der Waals surface area contributed by atoms with Crippen LogP contribution in [0.5, 0.6) is 0 Å². The summed E-state index contributed by atoms with van der Waals surface area (Å²) < 4.78 is 0. The maximum atomic E-state index is 4.08. The van der Waals surface area contributed by atoms with Gasteiger partial charge in [0.05, 0.1) is 12.8 Å². The van der Waals surface area contributed by atoms with Crippen LogP contribution < -0.4 is 10.6 Å². The van der Waals surface area contributed by atoms with Gasteiger partial charge in [-0.25, -0.2) is 0 Å². The summed E-state index contributed by atoms with van der Waals surface area (Å²) in [6.07, 6.45) is 2.39. The van der Waals surface area contributed by atoms with Crippen LogP contribution in [0.25, 0.3) is 0 Å². The number of hydrogen-bond acceptors (Lipinski definition) is 3. The Morgan fingerprint density at radius 2 is 2.56 bits per heavy atom. The highest BCUT2D eigenvalue weighted by atomic mass is 15.2. The van der Waals surface area contributed by atoms with Gasteiger partial charge in [0.1, 0.15) is 0 Å². The average molecular weight is 127 g/mol. The largest absolute Gasteiger partial charge is 0.304 e. The molecule has 0 fully saturated rings. The molecule has 0 aromatic rings. The number of nitrogens with zero attached hydrogens (tertiary/aromatic N) is 1. The minimum absolute atomic E-state index is 0.405. The van der Waals surface area contributed by atoms with Gasteiger partial charge in [0, 0.05) is 12.1 Å². The molecule has 52 valence electrons. The van der Waals surface area contributed by atoms with Crippen molar-refractivity contribution in [3.05, 3.63) is 0 Å². The smallest absolute Gasteiger partial charge is 0.0892 e. The normalized spacial score (nSPS) is 34.9. The Morgan fingerprint density at radius 1 is 1.78 bits per heavy atom. The fourth-order valence-corrected chi connectivity index (χ4v) is 1.01. The first-order chi connectivity index (χ1) is 4.34. The molecule has 0 aliphatic carbocycles. The molecule has 0 radical (unpaired) electrons. The van der Waals surface area contributed by atoms with Crippen molar-refractivity contribution in [3.8, 4) is 0 Å². The predicted octanol–water partition coefficient (Wildman–Crippen LogP) is -0.201. The molecule has 3 nitrogen and oxygen atoms in total. The van der Waals surface area contributed by atoms with Crippen LogP contribution in [0.1, 0.15) is 6.92 Å². The van der Waals surface area contributed by atoms with Crippen molar-refractivity contribution >= 4 is 6.21 Å². The van der Waals surface area contributed by atoms with Gasteiger partial charge in [-0.2, -0.15) is 0 Å². The molecule has 0 amide bonds. The van der Waals surface area contributed by atoms with Crippen molar-refractivity contribution in [1.29, 1.82) is 0 Å². The second kappa shape index (κ2) is 2.94. The van der Waals surface area contributed by atoms with Crippen LogP contribution in [0.4, 0.5) is 0 Å². The van der Waals surface area contributed by atoms with E-state index in [0.29, 0.717) is 12.1 Å². The van der Waals surface area contributed by atoms with Crippen LogP contribution in [0.3, 0.4) is 0 Å². The van der Waals surface area contributed by atoms with E-state index in [1.165, 1.54) is 0 Å². The van der Waals surface area contributed by atoms with Gasteiger partial charge in [0.25, 0.3) is 0 Å². The molecule has 0 saturated carbocycles. The molecule has 2 N–H and O–H groups in total. The molecule has 1 heterocycles. The summed E-state index contributed by atoms with van der Waals surface area (Å²) in [7, 11) is 1.95. The molecule has 3 heteroatoms. The van der Waals surface area contributed by atoms with Crippen molar-refractivity contribution in [2.75, 3.05) is 13.7 Å². The van der Waals surface area contributed by atoms with E-state index in [1.807, 2.05) is 13.3 Å². The van der Waals surface area contributed by atoms with Crippen molar-refractivity contribution < 1.29 is 0 Å². The van der Waals surface area contributed by atoms with Crippen molar-refractivity contribution in [3.63, 3.8) is 0 Å². The lowest BCUT2D eigenvalue weighted by molar-refractivity contribution is 0.391. The Hall–Kier alpha value is -0.410. The maximum Gasteiger partial charge on any atom is 0.0892 e. The highest BCUT2D eigenvalue weighted by Crippen LogP contribution is 1.99. The monoisotopic (exact) mass is 127 g/mol. The summed E-state index contributed by atoms with van der Waals surface area (Å²) in [4.78, 5) is 4.08. The summed E-state index contributed by atoms with van der Waals surface area (Å²) in [5.74, 6) is 0.503. The van der Waals surface area contributed by atoms with E-state index in [2.05, 4.69) is 22.5 Å². The lowest BCUT2D eigenvalue weighted by Crippen LogP contribution is -2.48. The fraction of sp³-hybridized carbons (Fsp3) is 0.833. The molecule has 1 aliphatic heterocycles. The van der Waals surface area contributed by atoms with Crippen molar-refractivity contribution in [1.82, 2.24) is 10.6 Å². The Balaban J connectivity index is 2.44. The lowest BCUT2D eigenvalue weighted by atomic mass is 10.1. The number of aliphatic imine (C=N–C) groups is 1. The fourth-order valence-electron chi connectivity index (χ4n) is 1.01. The summed E-state index contributed by atoms with van der Waals surface area (Å²) in [6.45, 7) is 2.88. The summed E-state index contributed by atoms with van der Waals surface area (Å²) in [5, 5.41) is 6.36. The van der Waals surface area contributed by atoms with Crippen molar-refractivity contribution in [2.45, 2.75) is 13.1 Å². The number of rotatable bonds is 1. The molecule has 1 aliphatic rings. The van der Waals surface area contributed by atoms with Crippen LogP contribution in [0, 0.1) is 5.92 Å². The van der Waals surface area contributed by atoms with E-state index >= 15 is 0 Å². The Labute approximate surface area is 55.6 Å². The minimum atomic E-state index is 0.405. The van der Waals surface area contributed by atoms with Crippen LogP contribution in [0.15, 0.2) is 4.99 Å². The molecule has 9 heavy (non-hydrogen) atoms. The third-order valence-corrected chi connectivity index (χ3v) is 1.58. The first-order valence-electron chi connectivity index (χ1n) is 3.25. The lowest BCUT2D eigenvalue weighted by Gasteiger charge is -2.24. The van der Waals surface area contributed by atoms with Gasteiger partial charge in [-0.1, -0.05) is 6.92 Å². The number of hydrogen-bond donors (Lipinski definition) is 2. The third-order valence-electron chi connectivity index (χ3n) is 1.58. The Kier molecular flexibility index (Phi) is 2.19. The van der Waals surface area contributed by atoms with Gasteiger partial charge in [0.15, 0.2) is 0 Å². The quantitative estimate of drug-likeness (QED) is 0.512. The number of nitrogens with one attached hydrogen (secondary N) is 2. The van der Waals surface area contributed by atoms with E-state index in [-0.39, 0.29) is 0 Å². The van der Waals surface area contributed by atoms with E-state index < -0.39 is 0 Å². The molecule has 0 bridgehead atoms. The third kappa shape index (κ3) is 1.50. The highest BCUT2D eigenvalue weighted by Gasteiger charge is 2.14. The first-order valence-corrected chi connectivity index (χ1v) is 3.25. The highest BCUT2D eigenvalue weighted by molar-refractivity contribution is 5.61. The van der Waals surface area contributed by atoms with E-state index in [4.69, 9.17) is 0 Å². The van der Waals surface area contributed by atoms with Crippen LogP contribution in [0.2, 0.25) is 0 Å². The van der Waals surface area contributed by atoms with Gasteiger partial charge in [-0.05, 0) is 7.05 Å². The molecule has 0 spiro atoms. The van der Waals surface area contributed by atoms with Gasteiger partial charge in [0.2, 0.25) is 0 Å². The SMILES string of the molecule is CNC1NCN=CC1C. The van der Waals surface area contributed by atoms with Crippen LogP contribution in [-0.2, 0) is 0 Å². The predicted molar refractivity (Wildman–Crippen MR) is 38.5 cm³/mol. The van der Waals surface area contributed by atoms with E-state index in [9.17, 15) is 0 Å². The minimum Gasteiger partial charge on any atom is -0.304 e. The summed E-state index contributed by atoms with van der Waals surface area (Å²) in [5.41, 5.74) is 0. The molecular weight excluding hydrogens is 114 g/mol. The van der Waals surface area contributed by atoms with Crippen LogP contribution >= 0.6 is 0 Å². The Bertz CT molecular complexity index is 111. The first kappa shape index (κ1) is 6.71. The van der Waals surface area contributed by atoms with E-state index in [0.717, 1.165) is 6.67 Å². The maximum absolute atomic E-state index is 4.08. The topological polar surface area (TPSA) is 36.4 Å². The molecular formula is C6H13N3. The average Bonchev–Trinajstić information content (AvgIpc) is 1.89. The van der Waals surface area contributed by atoms with E-state index in [1.54, 1.807) is 0 Å². The van der Waals surface area contributed by atoms with Gasteiger partial charge < -0.3 is 5.32 Å². The summed E-state index contributed by atoms with van der Waals surface area (Å²) >= 11 is 0. The van der Waals surface area contributed by atoms with Gasteiger partial charge >= 0.3 is 0 Å². The molecule has 0 aromatic heterocycles. The zero-order valence-electron chi connectivity index (χ0n) is 5.89. The molecule has 2 unspecified atom stereocenters.